The number of H-pyrrole nitrogens is 1. The highest BCUT2D eigenvalue weighted by atomic mass is 16.3. The minimum absolute atomic E-state index is 0.0495. The molecule has 3 heterocycles. The Morgan fingerprint density at radius 1 is 1.10 bits per heavy atom. The normalized spacial score (nSPS) is 26.9. The maximum atomic E-state index is 10.5. The first-order chi connectivity index (χ1) is 14.3. The summed E-state index contributed by atoms with van der Waals surface area (Å²) in [6.45, 7) is 0. The van der Waals surface area contributed by atoms with Gasteiger partial charge in [-0.2, -0.15) is 0 Å². The van der Waals surface area contributed by atoms with Crippen molar-refractivity contribution < 1.29 is 5.11 Å². The molecule has 1 fully saturated rings. The number of aromatic nitrogens is 5. The number of aliphatic hydroxyl groups is 1. The average molecular weight is 388 g/mol. The van der Waals surface area contributed by atoms with Crippen molar-refractivity contribution in [1.29, 1.82) is 0 Å². The molecule has 2 unspecified atom stereocenters. The van der Waals surface area contributed by atoms with Crippen LogP contribution in [0.25, 0.3) is 16.6 Å². The number of fused-ring (bicyclic) bond motifs is 4. The van der Waals surface area contributed by atoms with Gasteiger partial charge in [0.25, 0.3) is 0 Å². The number of aromatic amines is 1. The molecule has 3 N–H and O–H groups in total. The van der Waals surface area contributed by atoms with Crippen LogP contribution in [0.4, 0.5) is 0 Å². The molecule has 0 spiro atoms. The Labute approximate surface area is 168 Å². The fourth-order valence-electron chi connectivity index (χ4n) is 5.26. The van der Waals surface area contributed by atoms with Gasteiger partial charge in [0.15, 0.2) is 0 Å². The number of aliphatic hydroxyl groups excluding tert-OH is 1. The van der Waals surface area contributed by atoms with Crippen molar-refractivity contribution in [2.75, 3.05) is 0 Å². The summed E-state index contributed by atoms with van der Waals surface area (Å²) in [6.07, 6.45) is 8.37. The average Bonchev–Trinajstić information content (AvgIpc) is 3.45. The zero-order valence-electron chi connectivity index (χ0n) is 16.1. The van der Waals surface area contributed by atoms with Crippen LogP contribution in [0.2, 0.25) is 0 Å². The number of hydrogen-bond acceptors (Lipinski definition) is 5. The second-order valence-corrected chi connectivity index (χ2v) is 8.42. The van der Waals surface area contributed by atoms with Crippen LogP contribution in [-0.2, 0) is 6.42 Å². The lowest BCUT2D eigenvalue weighted by Gasteiger charge is -2.31. The van der Waals surface area contributed by atoms with E-state index in [4.69, 9.17) is 0 Å². The second kappa shape index (κ2) is 6.64. The largest absolute Gasteiger partial charge is 0.391 e. The van der Waals surface area contributed by atoms with E-state index in [0.29, 0.717) is 12.0 Å². The highest BCUT2D eigenvalue weighted by Crippen LogP contribution is 2.38. The third kappa shape index (κ3) is 2.76. The van der Waals surface area contributed by atoms with Crippen molar-refractivity contribution in [3.63, 3.8) is 0 Å². The number of nitrogens with one attached hydrogen (secondary N) is 2. The summed E-state index contributed by atoms with van der Waals surface area (Å²) in [5.41, 5.74) is 5.57. The van der Waals surface area contributed by atoms with E-state index in [9.17, 15) is 5.11 Å². The van der Waals surface area contributed by atoms with Gasteiger partial charge in [-0.25, -0.2) is 9.50 Å². The van der Waals surface area contributed by atoms with Crippen LogP contribution in [0.1, 0.15) is 54.5 Å². The smallest absolute Gasteiger partial charge is 0.141 e. The summed E-state index contributed by atoms with van der Waals surface area (Å²) < 4.78 is 1.79. The second-order valence-electron chi connectivity index (χ2n) is 8.42. The van der Waals surface area contributed by atoms with Gasteiger partial charge in [0.2, 0.25) is 0 Å². The first-order valence-corrected chi connectivity index (χ1v) is 10.5. The first-order valence-electron chi connectivity index (χ1n) is 10.5. The lowest BCUT2D eigenvalue weighted by atomic mass is 9.83. The lowest BCUT2D eigenvalue weighted by Crippen LogP contribution is -2.39. The topological polar surface area (TPSA) is 91.1 Å². The molecule has 148 valence electrons. The van der Waals surface area contributed by atoms with Crippen molar-refractivity contribution in [2.45, 2.75) is 56.2 Å². The summed E-state index contributed by atoms with van der Waals surface area (Å²) in [5.74, 6) is 0.409. The third-order valence-electron chi connectivity index (χ3n) is 6.73. The predicted octanol–water partition coefficient (Wildman–Crippen LogP) is 2.88. The minimum atomic E-state index is -0.333. The van der Waals surface area contributed by atoms with Crippen LogP contribution in [-0.4, -0.2) is 42.0 Å². The van der Waals surface area contributed by atoms with Crippen molar-refractivity contribution in [3.05, 3.63) is 59.7 Å². The standard InChI is InChI=1S/C22H24N6O/c29-18-11-14-3-1-2-4-16(14)20(18)25-15-7-5-13(6-8-15)19-21-17-9-10-23-22(17)24-12-28(21)27-26-19/h1-4,9-10,12-13,15,18,20,23,25,29H,5-8,11H2. The van der Waals surface area contributed by atoms with Gasteiger partial charge in [0.05, 0.1) is 17.8 Å². The Hall–Kier alpha value is -2.77. The van der Waals surface area contributed by atoms with Gasteiger partial charge in [-0.3, -0.25) is 0 Å². The zero-order valence-corrected chi connectivity index (χ0v) is 16.1. The van der Waals surface area contributed by atoms with E-state index in [1.54, 1.807) is 10.8 Å². The molecule has 2 aliphatic rings. The Balaban J connectivity index is 1.20. The van der Waals surface area contributed by atoms with Crippen LogP contribution in [0.15, 0.2) is 42.9 Å². The quantitative estimate of drug-likeness (QED) is 0.502. The van der Waals surface area contributed by atoms with Crippen molar-refractivity contribution in [1.82, 2.24) is 30.1 Å². The van der Waals surface area contributed by atoms with Crippen molar-refractivity contribution in [3.8, 4) is 0 Å². The Morgan fingerprint density at radius 2 is 1.97 bits per heavy atom. The van der Waals surface area contributed by atoms with Gasteiger partial charge in [-0.1, -0.05) is 29.5 Å². The minimum Gasteiger partial charge on any atom is -0.391 e. The number of benzene rings is 1. The fraction of sp³-hybridized carbons (Fsp3) is 0.409. The lowest BCUT2D eigenvalue weighted by molar-refractivity contribution is 0.129. The van der Waals surface area contributed by atoms with Crippen LogP contribution in [0.5, 0.6) is 0 Å². The van der Waals surface area contributed by atoms with Crippen LogP contribution < -0.4 is 5.32 Å². The van der Waals surface area contributed by atoms with E-state index in [1.165, 1.54) is 11.1 Å². The van der Waals surface area contributed by atoms with Gasteiger partial charge in [0.1, 0.15) is 17.5 Å². The molecular weight excluding hydrogens is 364 g/mol. The molecule has 7 heteroatoms. The molecule has 0 aliphatic heterocycles. The van der Waals surface area contributed by atoms with Gasteiger partial charge >= 0.3 is 0 Å². The van der Waals surface area contributed by atoms with Crippen molar-refractivity contribution >= 4 is 16.6 Å². The fourth-order valence-corrected chi connectivity index (χ4v) is 5.26. The molecule has 29 heavy (non-hydrogen) atoms. The van der Waals surface area contributed by atoms with Gasteiger partial charge < -0.3 is 15.4 Å². The third-order valence-corrected chi connectivity index (χ3v) is 6.73. The van der Waals surface area contributed by atoms with Crippen molar-refractivity contribution in [2.24, 2.45) is 0 Å². The predicted molar refractivity (Wildman–Crippen MR) is 110 cm³/mol. The van der Waals surface area contributed by atoms with Crippen LogP contribution in [0.3, 0.4) is 0 Å². The number of nitrogens with zero attached hydrogens (tertiary/aromatic N) is 4. The van der Waals surface area contributed by atoms with Gasteiger partial charge in [-0.05, 0) is 42.9 Å². The van der Waals surface area contributed by atoms with E-state index in [1.807, 2.05) is 6.20 Å². The SMILES string of the molecule is OC1Cc2ccccc2C1NC1CCC(c2nnn3cnc4[nH]ccc4c23)CC1. The Kier molecular flexibility index (Phi) is 3.92. The maximum absolute atomic E-state index is 10.5. The molecule has 7 nitrogen and oxygen atoms in total. The molecule has 0 saturated heterocycles. The summed E-state index contributed by atoms with van der Waals surface area (Å²) in [4.78, 5) is 7.57. The molecule has 0 bridgehead atoms. The monoisotopic (exact) mass is 388 g/mol. The van der Waals surface area contributed by atoms with Gasteiger partial charge in [-0.15, -0.1) is 5.10 Å². The van der Waals surface area contributed by atoms with Crippen LogP contribution >= 0.6 is 0 Å². The molecule has 6 rings (SSSR count). The van der Waals surface area contributed by atoms with E-state index in [0.717, 1.165) is 54.3 Å². The molecule has 4 aromatic rings. The highest BCUT2D eigenvalue weighted by Gasteiger charge is 2.34. The molecule has 0 amide bonds. The maximum Gasteiger partial charge on any atom is 0.141 e. The molecule has 2 aliphatic carbocycles. The summed E-state index contributed by atoms with van der Waals surface area (Å²) in [6, 6.07) is 10.9. The van der Waals surface area contributed by atoms with E-state index >= 15 is 0 Å². The Bertz CT molecular complexity index is 1170. The summed E-state index contributed by atoms with van der Waals surface area (Å²) >= 11 is 0. The molecule has 3 aromatic heterocycles. The summed E-state index contributed by atoms with van der Waals surface area (Å²) in [7, 11) is 0. The molecular formula is C22H24N6O. The molecule has 0 radical (unpaired) electrons. The molecule has 1 aromatic carbocycles. The molecule has 1 saturated carbocycles. The van der Waals surface area contributed by atoms with E-state index in [2.05, 4.69) is 55.9 Å². The first kappa shape index (κ1) is 17.1. The number of hydrogen-bond donors (Lipinski definition) is 3. The summed E-state index contributed by atoms with van der Waals surface area (Å²) in [5, 5.41) is 24.2. The molecule has 2 atom stereocenters. The number of rotatable bonds is 3. The Morgan fingerprint density at radius 3 is 2.86 bits per heavy atom. The van der Waals surface area contributed by atoms with Gasteiger partial charge in [0, 0.05) is 30.0 Å². The van der Waals surface area contributed by atoms with E-state index in [-0.39, 0.29) is 12.1 Å². The van der Waals surface area contributed by atoms with E-state index < -0.39 is 0 Å². The zero-order chi connectivity index (χ0) is 19.4. The highest BCUT2D eigenvalue weighted by molar-refractivity contribution is 5.92. The van der Waals surface area contributed by atoms with Crippen LogP contribution in [0, 0.1) is 0 Å².